The average molecular weight is 137 g/mol. The van der Waals surface area contributed by atoms with Gasteiger partial charge in [0.25, 0.3) is 0 Å². The van der Waals surface area contributed by atoms with E-state index in [1.807, 2.05) is 0 Å². The van der Waals surface area contributed by atoms with Crippen LogP contribution in [0.5, 0.6) is 0 Å². The summed E-state index contributed by atoms with van der Waals surface area (Å²) in [6.45, 7) is 8.57. The second kappa shape index (κ2) is 1.77. The predicted molar refractivity (Wildman–Crippen MR) is 42.6 cm³/mol. The van der Waals surface area contributed by atoms with E-state index in [2.05, 4.69) is 25.3 Å². The second-order valence-corrected chi connectivity index (χ2v) is 3.74. The lowest BCUT2D eigenvalue weighted by Gasteiger charge is -2.60. The number of likely N-dealkylation sites (tertiary alicyclic amines) is 1. The van der Waals surface area contributed by atoms with Crippen LogP contribution in [0.1, 0.15) is 26.7 Å². The normalized spacial score (nSPS) is 37.1. The third-order valence-electron chi connectivity index (χ3n) is 2.91. The van der Waals surface area contributed by atoms with Gasteiger partial charge in [-0.1, -0.05) is 6.58 Å². The minimum absolute atomic E-state index is 0.675. The first-order valence-corrected chi connectivity index (χ1v) is 4.19. The van der Waals surface area contributed by atoms with Crippen LogP contribution in [-0.2, 0) is 0 Å². The Labute approximate surface area is 62.7 Å². The number of piperidine rings is 1. The molecule has 0 aromatic carbocycles. The Kier molecular flexibility index (Phi) is 1.11. The van der Waals surface area contributed by atoms with E-state index in [1.54, 1.807) is 0 Å². The molecule has 2 atom stereocenters. The first kappa shape index (κ1) is 6.26. The third kappa shape index (κ3) is 0.536. The summed E-state index contributed by atoms with van der Waals surface area (Å²) in [5.74, 6) is 0.877. The Hall–Kier alpha value is -0.460. The molecule has 1 saturated heterocycles. The standard InChI is InChI=1S/C9H15N/c1-6(2)10-7(3)8-4-5-9(8)10/h6,8-9H,3-5H2,1-2H3. The summed E-state index contributed by atoms with van der Waals surface area (Å²) in [4.78, 5) is 2.47. The summed E-state index contributed by atoms with van der Waals surface area (Å²) in [5, 5.41) is 0. The monoisotopic (exact) mass is 137 g/mol. The van der Waals surface area contributed by atoms with Crippen LogP contribution < -0.4 is 0 Å². The number of nitrogens with zero attached hydrogens (tertiary/aromatic N) is 1. The molecular weight excluding hydrogens is 122 g/mol. The van der Waals surface area contributed by atoms with E-state index in [-0.39, 0.29) is 0 Å². The van der Waals surface area contributed by atoms with E-state index in [0.717, 1.165) is 12.0 Å². The first-order valence-electron chi connectivity index (χ1n) is 4.19. The van der Waals surface area contributed by atoms with E-state index in [9.17, 15) is 0 Å². The maximum absolute atomic E-state index is 4.07. The van der Waals surface area contributed by atoms with Gasteiger partial charge in [-0.2, -0.15) is 0 Å². The van der Waals surface area contributed by atoms with Gasteiger partial charge in [0.1, 0.15) is 0 Å². The Bertz CT molecular complexity index is 172. The lowest BCUT2D eigenvalue weighted by atomic mass is 9.68. The van der Waals surface area contributed by atoms with Crippen molar-refractivity contribution in [3.63, 3.8) is 0 Å². The average Bonchev–Trinajstić information content (AvgIpc) is 1.79. The number of hydrogen-bond donors (Lipinski definition) is 0. The zero-order valence-corrected chi connectivity index (χ0v) is 6.80. The van der Waals surface area contributed by atoms with Crippen LogP contribution in [0.2, 0.25) is 0 Å². The molecule has 0 aromatic rings. The second-order valence-electron chi connectivity index (χ2n) is 3.74. The van der Waals surface area contributed by atoms with Crippen LogP contribution in [0.4, 0.5) is 0 Å². The molecule has 1 nitrogen and oxygen atoms in total. The molecule has 1 heteroatoms. The smallest absolute Gasteiger partial charge is 0.0372 e. The molecule has 2 aliphatic rings. The molecule has 2 unspecified atom stereocenters. The van der Waals surface area contributed by atoms with Gasteiger partial charge in [0.2, 0.25) is 0 Å². The Balaban J connectivity index is 2.05. The van der Waals surface area contributed by atoms with Crippen molar-refractivity contribution in [2.45, 2.75) is 38.8 Å². The van der Waals surface area contributed by atoms with Crippen molar-refractivity contribution >= 4 is 0 Å². The third-order valence-corrected chi connectivity index (χ3v) is 2.91. The van der Waals surface area contributed by atoms with E-state index in [0.29, 0.717) is 6.04 Å². The molecule has 0 bridgehead atoms. The Morgan fingerprint density at radius 3 is 2.40 bits per heavy atom. The fourth-order valence-corrected chi connectivity index (χ4v) is 2.24. The van der Waals surface area contributed by atoms with Gasteiger partial charge in [-0.3, -0.25) is 0 Å². The molecule has 2 rings (SSSR count). The maximum Gasteiger partial charge on any atom is 0.0372 e. The van der Waals surface area contributed by atoms with Gasteiger partial charge in [-0.15, -0.1) is 0 Å². The molecule has 0 N–H and O–H groups in total. The van der Waals surface area contributed by atoms with Crippen LogP contribution in [-0.4, -0.2) is 17.0 Å². The van der Waals surface area contributed by atoms with Crippen molar-refractivity contribution in [1.82, 2.24) is 4.90 Å². The van der Waals surface area contributed by atoms with Crippen molar-refractivity contribution in [2.24, 2.45) is 5.92 Å². The number of fused-ring (bicyclic) bond motifs is 1. The molecule has 1 aliphatic carbocycles. The highest BCUT2D eigenvalue weighted by Crippen LogP contribution is 2.49. The SMILES string of the molecule is C=C1C2CCC2N1C(C)C. The van der Waals surface area contributed by atoms with Gasteiger partial charge in [0.05, 0.1) is 0 Å². The van der Waals surface area contributed by atoms with Crippen LogP contribution in [0.3, 0.4) is 0 Å². The fraction of sp³-hybridized carbons (Fsp3) is 0.778. The van der Waals surface area contributed by atoms with Crippen LogP contribution >= 0.6 is 0 Å². The molecule has 56 valence electrons. The first-order chi connectivity index (χ1) is 4.72. The highest BCUT2D eigenvalue weighted by Gasteiger charge is 2.48. The molecule has 2 fully saturated rings. The molecule has 0 spiro atoms. The van der Waals surface area contributed by atoms with Crippen molar-refractivity contribution in [3.05, 3.63) is 12.3 Å². The van der Waals surface area contributed by atoms with E-state index in [4.69, 9.17) is 0 Å². The van der Waals surface area contributed by atoms with Crippen molar-refractivity contribution in [1.29, 1.82) is 0 Å². The van der Waals surface area contributed by atoms with Gasteiger partial charge >= 0.3 is 0 Å². The zero-order chi connectivity index (χ0) is 7.30. The molecule has 0 aromatic heterocycles. The van der Waals surface area contributed by atoms with E-state index in [1.165, 1.54) is 18.5 Å². The molecule has 0 radical (unpaired) electrons. The largest absolute Gasteiger partial charge is 0.369 e. The van der Waals surface area contributed by atoms with Gasteiger partial charge in [0.15, 0.2) is 0 Å². The summed E-state index contributed by atoms with van der Waals surface area (Å²) in [7, 11) is 0. The van der Waals surface area contributed by atoms with Gasteiger partial charge in [0, 0.05) is 23.7 Å². The molecule has 0 amide bonds. The molecular formula is C9H15N. The summed E-state index contributed by atoms with van der Waals surface area (Å²) in [6, 6.07) is 1.56. The Morgan fingerprint density at radius 1 is 1.50 bits per heavy atom. The van der Waals surface area contributed by atoms with E-state index < -0.39 is 0 Å². The zero-order valence-electron chi connectivity index (χ0n) is 6.80. The quantitative estimate of drug-likeness (QED) is 0.534. The fourth-order valence-electron chi connectivity index (χ4n) is 2.24. The minimum Gasteiger partial charge on any atom is -0.369 e. The molecule has 1 heterocycles. The topological polar surface area (TPSA) is 3.24 Å². The minimum atomic E-state index is 0.675. The van der Waals surface area contributed by atoms with Gasteiger partial charge < -0.3 is 4.90 Å². The van der Waals surface area contributed by atoms with Crippen molar-refractivity contribution in [2.75, 3.05) is 0 Å². The number of rotatable bonds is 1. The highest BCUT2D eigenvalue weighted by molar-refractivity contribution is 5.22. The lowest BCUT2D eigenvalue weighted by molar-refractivity contribution is -0.0200. The van der Waals surface area contributed by atoms with Crippen LogP contribution in [0.25, 0.3) is 0 Å². The van der Waals surface area contributed by atoms with Gasteiger partial charge in [-0.25, -0.2) is 0 Å². The summed E-state index contributed by atoms with van der Waals surface area (Å²) >= 11 is 0. The summed E-state index contributed by atoms with van der Waals surface area (Å²) < 4.78 is 0. The van der Waals surface area contributed by atoms with Crippen molar-refractivity contribution < 1.29 is 0 Å². The van der Waals surface area contributed by atoms with Gasteiger partial charge in [-0.05, 0) is 26.7 Å². The number of hydrogen-bond acceptors (Lipinski definition) is 1. The highest BCUT2D eigenvalue weighted by atomic mass is 15.3. The van der Waals surface area contributed by atoms with Crippen LogP contribution in [0, 0.1) is 5.92 Å². The molecule has 1 aliphatic heterocycles. The maximum atomic E-state index is 4.07. The molecule has 1 saturated carbocycles. The predicted octanol–water partition coefficient (Wildman–Crippen LogP) is 2.00. The molecule has 10 heavy (non-hydrogen) atoms. The lowest BCUT2D eigenvalue weighted by Crippen LogP contribution is -2.61. The summed E-state index contributed by atoms with van der Waals surface area (Å²) in [6.07, 6.45) is 2.80. The van der Waals surface area contributed by atoms with Crippen LogP contribution in [0.15, 0.2) is 12.3 Å². The van der Waals surface area contributed by atoms with E-state index >= 15 is 0 Å². The van der Waals surface area contributed by atoms with Crippen molar-refractivity contribution in [3.8, 4) is 0 Å². The summed E-state index contributed by atoms with van der Waals surface area (Å²) in [5.41, 5.74) is 1.39. The Morgan fingerprint density at radius 2 is 2.20 bits per heavy atom.